The fraction of sp³-hybridized carbons (Fsp3) is 0.636. The summed E-state index contributed by atoms with van der Waals surface area (Å²) in [7, 11) is 0. The molecule has 1 rings (SSSR count). The molecule has 0 aromatic heterocycles. The van der Waals surface area contributed by atoms with Gasteiger partial charge in [0.1, 0.15) is 31.2 Å². The molecule has 1 saturated heterocycles. The zero-order valence-electron chi connectivity index (χ0n) is 20.8. The standard InChI is InChI=1S/C22H30O14/c1-7-29-21(28)16(8-30-11(2)23)9-32-22-20(35-15(6)27)19(34-14(5)26)18(33-13(4)25)17(36-22)10-31-12(3)24/h9,17-20,22H,7-8,10H2,1-6H3/b16-9+/t17-,18-,19+,20-,22-/m1/s1. The Labute approximate surface area is 207 Å². The molecule has 0 radical (unpaired) electrons. The Balaban J connectivity index is 3.43. The van der Waals surface area contributed by atoms with Crippen LogP contribution in [-0.2, 0) is 66.7 Å². The summed E-state index contributed by atoms with van der Waals surface area (Å²) in [6, 6.07) is 0. The molecule has 36 heavy (non-hydrogen) atoms. The van der Waals surface area contributed by atoms with Gasteiger partial charge in [0.2, 0.25) is 12.4 Å². The highest BCUT2D eigenvalue weighted by Crippen LogP contribution is 2.30. The maximum atomic E-state index is 12.2. The van der Waals surface area contributed by atoms with Gasteiger partial charge in [-0.05, 0) is 6.92 Å². The van der Waals surface area contributed by atoms with Gasteiger partial charge < -0.3 is 37.9 Å². The van der Waals surface area contributed by atoms with Crippen molar-refractivity contribution in [3.8, 4) is 0 Å². The first-order chi connectivity index (χ1) is 16.8. The Morgan fingerprint density at radius 1 is 0.694 bits per heavy atom. The van der Waals surface area contributed by atoms with Crippen LogP contribution in [0.2, 0.25) is 0 Å². The molecule has 5 atom stereocenters. The lowest BCUT2D eigenvalue weighted by Gasteiger charge is -2.43. The first kappa shape index (κ1) is 30.4. The average molecular weight is 518 g/mol. The smallest absolute Gasteiger partial charge is 0.340 e. The van der Waals surface area contributed by atoms with Crippen LogP contribution in [-0.4, -0.2) is 86.3 Å². The molecule has 0 bridgehead atoms. The maximum absolute atomic E-state index is 12.2. The average Bonchev–Trinajstić information content (AvgIpc) is 2.75. The largest absolute Gasteiger partial charge is 0.468 e. The van der Waals surface area contributed by atoms with E-state index in [4.69, 9.17) is 37.9 Å². The van der Waals surface area contributed by atoms with Gasteiger partial charge in [0.15, 0.2) is 12.2 Å². The molecule has 0 spiro atoms. The van der Waals surface area contributed by atoms with Crippen LogP contribution in [0.1, 0.15) is 41.5 Å². The van der Waals surface area contributed by atoms with Crippen molar-refractivity contribution >= 4 is 35.8 Å². The van der Waals surface area contributed by atoms with E-state index in [1.807, 2.05) is 0 Å². The molecule has 0 unspecified atom stereocenters. The summed E-state index contributed by atoms with van der Waals surface area (Å²) in [5, 5.41) is 0. The van der Waals surface area contributed by atoms with Crippen molar-refractivity contribution in [2.24, 2.45) is 0 Å². The highest BCUT2D eigenvalue weighted by atomic mass is 16.7. The second kappa shape index (κ2) is 14.7. The van der Waals surface area contributed by atoms with Crippen molar-refractivity contribution in [1.29, 1.82) is 0 Å². The number of hydrogen-bond donors (Lipinski definition) is 0. The van der Waals surface area contributed by atoms with Gasteiger partial charge in [-0.15, -0.1) is 0 Å². The minimum absolute atomic E-state index is 0.00922. The van der Waals surface area contributed by atoms with Gasteiger partial charge in [-0.25, -0.2) is 4.79 Å². The summed E-state index contributed by atoms with van der Waals surface area (Å²) in [5.41, 5.74) is -0.236. The summed E-state index contributed by atoms with van der Waals surface area (Å²) < 4.78 is 41.7. The van der Waals surface area contributed by atoms with Crippen LogP contribution in [0.5, 0.6) is 0 Å². The van der Waals surface area contributed by atoms with Gasteiger partial charge in [0.25, 0.3) is 0 Å². The second-order valence-electron chi connectivity index (χ2n) is 7.35. The number of rotatable bonds is 11. The molecule has 1 aliphatic heterocycles. The zero-order valence-corrected chi connectivity index (χ0v) is 20.8. The van der Waals surface area contributed by atoms with E-state index in [1.165, 1.54) is 0 Å². The number of carbonyl (C=O) groups excluding carboxylic acids is 6. The highest BCUT2D eigenvalue weighted by molar-refractivity contribution is 5.88. The van der Waals surface area contributed by atoms with E-state index in [9.17, 15) is 28.8 Å². The van der Waals surface area contributed by atoms with E-state index in [0.717, 1.165) is 40.9 Å². The van der Waals surface area contributed by atoms with Crippen LogP contribution >= 0.6 is 0 Å². The Morgan fingerprint density at radius 2 is 1.22 bits per heavy atom. The summed E-state index contributed by atoms with van der Waals surface area (Å²) >= 11 is 0. The van der Waals surface area contributed by atoms with Gasteiger partial charge in [-0.1, -0.05) is 0 Å². The molecule has 1 fully saturated rings. The van der Waals surface area contributed by atoms with Crippen molar-refractivity contribution in [1.82, 2.24) is 0 Å². The third-order valence-electron chi connectivity index (χ3n) is 4.26. The Hall–Kier alpha value is -3.68. The molecular formula is C22H30O14. The molecular weight excluding hydrogens is 488 g/mol. The van der Waals surface area contributed by atoms with Crippen molar-refractivity contribution in [2.45, 2.75) is 72.2 Å². The van der Waals surface area contributed by atoms with Crippen molar-refractivity contribution < 1.29 is 66.7 Å². The highest BCUT2D eigenvalue weighted by Gasteiger charge is 2.53. The molecule has 0 aromatic rings. The molecule has 0 saturated carbocycles. The summed E-state index contributed by atoms with van der Waals surface area (Å²) in [4.78, 5) is 70.2. The van der Waals surface area contributed by atoms with E-state index in [2.05, 4.69) is 0 Å². The number of esters is 6. The molecule has 0 aliphatic carbocycles. The molecule has 0 N–H and O–H groups in total. The van der Waals surface area contributed by atoms with E-state index < -0.39 is 79.7 Å². The van der Waals surface area contributed by atoms with Crippen LogP contribution < -0.4 is 0 Å². The summed E-state index contributed by atoms with van der Waals surface area (Å²) in [5.74, 6) is -4.68. The van der Waals surface area contributed by atoms with Gasteiger partial charge in [-0.2, -0.15) is 0 Å². The molecule has 0 aromatic carbocycles. The number of ether oxygens (including phenoxy) is 8. The fourth-order valence-electron chi connectivity index (χ4n) is 2.99. The third kappa shape index (κ3) is 10.3. The Morgan fingerprint density at radius 3 is 1.72 bits per heavy atom. The van der Waals surface area contributed by atoms with E-state index in [-0.39, 0.29) is 12.2 Å². The van der Waals surface area contributed by atoms with Crippen molar-refractivity contribution in [2.75, 3.05) is 19.8 Å². The topological polar surface area (TPSA) is 176 Å². The number of hydrogen-bond acceptors (Lipinski definition) is 14. The molecule has 1 heterocycles. The Bertz CT molecular complexity index is 863. The summed E-state index contributed by atoms with van der Waals surface area (Å²) in [6.45, 7) is 6.07. The van der Waals surface area contributed by atoms with Crippen LogP contribution in [0.3, 0.4) is 0 Å². The van der Waals surface area contributed by atoms with Gasteiger partial charge in [0, 0.05) is 34.6 Å². The predicted octanol–water partition coefficient (Wildman–Crippen LogP) is 0.0962. The van der Waals surface area contributed by atoms with Crippen LogP contribution in [0.4, 0.5) is 0 Å². The van der Waals surface area contributed by atoms with Crippen LogP contribution in [0, 0.1) is 0 Å². The minimum atomic E-state index is -1.56. The van der Waals surface area contributed by atoms with Crippen LogP contribution in [0.25, 0.3) is 0 Å². The lowest BCUT2D eigenvalue weighted by molar-refractivity contribution is -0.297. The molecule has 1 aliphatic rings. The third-order valence-corrected chi connectivity index (χ3v) is 4.26. The molecule has 202 valence electrons. The number of carbonyl (C=O) groups is 6. The normalized spacial score (nSPS) is 23.5. The first-order valence-electron chi connectivity index (χ1n) is 10.8. The predicted molar refractivity (Wildman–Crippen MR) is 114 cm³/mol. The molecule has 14 heteroatoms. The monoisotopic (exact) mass is 518 g/mol. The minimum Gasteiger partial charge on any atom is -0.468 e. The van der Waals surface area contributed by atoms with Crippen LogP contribution in [0.15, 0.2) is 11.8 Å². The second-order valence-corrected chi connectivity index (χ2v) is 7.35. The van der Waals surface area contributed by atoms with Gasteiger partial charge in [0.05, 0.1) is 6.61 Å². The van der Waals surface area contributed by atoms with Crippen molar-refractivity contribution in [3.05, 3.63) is 11.8 Å². The summed E-state index contributed by atoms with van der Waals surface area (Å²) in [6.07, 6.45) is -6.27. The Kier molecular flexibility index (Phi) is 12.4. The van der Waals surface area contributed by atoms with Gasteiger partial charge in [-0.3, -0.25) is 24.0 Å². The van der Waals surface area contributed by atoms with E-state index in [0.29, 0.717) is 0 Å². The SMILES string of the molecule is CCOC(=O)/C(=C/O[C@@H]1O[C@H](COC(C)=O)[C@@H](OC(C)=O)[C@H](OC(C)=O)[C@H]1OC(C)=O)COC(C)=O. The maximum Gasteiger partial charge on any atom is 0.340 e. The van der Waals surface area contributed by atoms with E-state index in [1.54, 1.807) is 6.92 Å². The molecule has 14 nitrogen and oxygen atoms in total. The lowest BCUT2D eigenvalue weighted by atomic mass is 9.98. The lowest BCUT2D eigenvalue weighted by Crippen LogP contribution is -2.62. The quantitative estimate of drug-likeness (QED) is 0.156. The first-order valence-corrected chi connectivity index (χ1v) is 10.8. The zero-order chi connectivity index (χ0) is 27.4. The van der Waals surface area contributed by atoms with Crippen molar-refractivity contribution in [3.63, 3.8) is 0 Å². The van der Waals surface area contributed by atoms with Gasteiger partial charge >= 0.3 is 35.8 Å². The van der Waals surface area contributed by atoms with E-state index >= 15 is 0 Å². The fourth-order valence-corrected chi connectivity index (χ4v) is 2.99. The molecule has 0 amide bonds.